The lowest BCUT2D eigenvalue weighted by Crippen LogP contribution is -2.52. The van der Waals surface area contributed by atoms with Crippen molar-refractivity contribution >= 4 is 35.8 Å². The first-order valence-corrected chi connectivity index (χ1v) is 11.1. The highest BCUT2D eigenvalue weighted by Crippen LogP contribution is 2.18. The normalized spacial score (nSPS) is 19.0. The predicted molar refractivity (Wildman–Crippen MR) is 130 cm³/mol. The van der Waals surface area contributed by atoms with E-state index in [9.17, 15) is 4.79 Å². The summed E-state index contributed by atoms with van der Waals surface area (Å²) in [5.41, 5.74) is 0. The summed E-state index contributed by atoms with van der Waals surface area (Å²) in [6, 6.07) is 0.820. The van der Waals surface area contributed by atoms with E-state index in [-0.39, 0.29) is 35.8 Å². The van der Waals surface area contributed by atoms with Crippen LogP contribution in [0, 0.1) is 12.8 Å². The first-order chi connectivity index (χ1) is 13.9. The molecule has 3 rings (SSSR count). The van der Waals surface area contributed by atoms with Crippen LogP contribution in [0.2, 0.25) is 0 Å². The summed E-state index contributed by atoms with van der Waals surface area (Å²) < 4.78 is 1.98. The molecule has 0 unspecified atom stereocenters. The maximum atomic E-state index is 12.2. The van der Waals surface area contributed by atoms with Gasteiger partial charge in [0.1, 0.15) is 12.4 Å². The number of halogens is 1. The second-order valence-corrected chi connectivity index (χ2v) is 8.77. The number of guanidine groups is 1. The number of aliphatic imine (C=N–C) groups is 1. The molecule has 0 radical (unpaired) electrons. The van der Waals surface area contributed by atoms with Crippen LogP contribution >= 0.6 is 24.0 Å². The standard InChI is InChI=1S/C21H37N7O.HI/c1-15(2)20(29)28-12-10-18(11-13-28)24-21(23-17-8-6-5-7-9-17)22-14-19-26-25-16(3)27(19)4;/h15,17-18H,5-14H2,1-4H3,(H2,22,23,24);1H. The Morgan fingerprint density at radius 3 is 2.20 bits per heavy atom. The van der Waals surface area contributed by atoms with Crippen LogP contribution in [0.5, 0.6) is 0 Å². The fourth-order valence-corrected chi connectivity index (χ4v) is 4.11. The third-order valence-electron chi connectivity index (χ3n) is 6.15. The number of aromatic nitrogens is 3. The Morgan fingerprint density at radius 1 is 1.07 bits per heavy atom. The summed E-state index contributed by atoms with van der Waals surface area (Å²) in [4.78, 5) is 19.1. The van der Waals surface area contributed by atoms with E-state index in [1.54, 1.807) is 0 Å². The molecule has 0 aromatic carbocycles. The van der Waals surface area contributed by atoms with Crippen molar-refractivity contribution in [2.75, 3.05) is 13.1 Å². The molecular formula is C21H38IN7O. The first kappa shape index (κ1) is 24.9. The van der Waals surface area contributed by atoms with Crippen molar-refractivity contribution in [1.29, 1.82) is 0 Å². The van der Waals surface area contributed by atoms with E-state index in [4.69, 9.17) is 4.99 Å². The molecule has 0 spiro atoms. The highest BCUT2D eigenvalue weighted by atomic mass is 127. The minimum Gasteiger partial charge on any atom is -0.354 e. The second-order valence-electron chi connectivity index (χ2n) is 8.77. The third-order valence-corrected chi connectivity index (χ3v) is 6.15. The number of carbonyl (C=O) groups is 1. The maximum Gasteiger partial charge on any atom is 0.225 e. The molecule has 1 aliphatic heterocycles. The predicted octanol–water partition coefficient (Wildman–Crippen LogP) is 2.76. The molecule has 2 fully saturated rings. The van der Waals surface area contributed by atoms with Crippen LogP contribution in [-0.2, 0) is 18.4 Å². The van der Waals surface area contributed by atoms with Gasteiger partial charge >= 0.3 is 0 Å². The zero-order valence-electron chi connectivity index (χ0n) is 18.9. The Hall–Kier alpha value is -1.39. The Bertz CT molecular complexity index is 704. The van der Waals surface area contributed by atoms with Gasteiger partial charge in [-0.05, 0) is 32.6 Å². The monoisotopic (exact) mass is 531 g/mol. The van der Waals surface area contributed by atoms with Crippen LogP contribution < -0.4 is 10.6 Å². The van der Waals surface area contributed by atoms with Crippen molar-refractivity contribution in [3.63, 3.8) is 0 Å². The van der Waals surface area contributed by atoms with Crippen LogP contribution in [0.3, 0.4) is 0 Å². The lowest BCUT2D eigenvalue weighted by atomic mass is 9.95. The summed E-state index contributed by atoms with van der Waals surface area (Å²) in [6.07, 6.45) is 8.20. The van der Waals surface area contributed by atoms with Gasteiger partial charge in [-0.15, -0.1) is 34.2 Å². The molecule has 0 atom stereocenters. The molecule has 1 aromatic rings. The SMILES string of the molecule is Cc1nnc(CN=C(NC2CCCCC2)NC2CCN(C(=O)C(C)C)CC2)n1C.I. The van der Waals surface area contributed by atoms with E-state index in [0.29, 0.717) is 18.6 Å². The molecule has 2 aliphatic rings. The van der Waals surface area contributed by atoms with Gasteiger partial charge in [0.25, 0.3) is 0 Å². The Kier molecular flexibility index (Phi) is 9.83. The molecule has 170 valence electrons. The van der Waals surface area contributed by atoms with Gasteiger partial charge < -0.3 is 20.1 Å². The van der Waals surface area contributed by atoms with Crippen LogP contribution in [0.4, 0.5) is 0 Å². The molecule has 1 saturated heterocycles. The minimum atomic E-state index is 0. The van der Waals surface area contributed by atoms with Gasteiger partial charge in [-0.25, -0.2) is 4.99 Å². The van der Waals surface area contributed by atoms with Gasteiger partial charge in [0.05, 0.1) is 0 Å². The maximum absolute atomic E-state index is 12.2. The van der Waals surface area contributed by atoms with E-state index < -0.39 is 0 Å². The molecule has 2 N–H and O–H groups in total. The third kappa shape index (κ3) is 6.81. The van der Waals surface area contributed by atoms with Crippen molar-refractivity contribution in [3.05, 3.63) is 11.6 Å². The number of hydrogen-bond donors (Lipinski definition) is 2. The molecular weight excluding hydrogens is 493 g/mol. The number of nitrogens with zero attached hydrogens (tertiary/aromatic N) is 5. The molecule has 1 aromatic heterocycles. The van der Waals surface area contributed by atoms with Crippen molar-refractivity contribution in [1.82, 2.24) is 30.3 Å². The minimum absolute atomic E-state index is 0. The number of aryl methyl sites for hydroxylation is 1. The quantitative estimate of drug-likeness (QED) is 0.347. The molecule has 2 heterocycles. The number of nitrogens with one attached hydrogen (secondary N) is 2. The number of hydrogen-bond acceptors (Lipinski definition) is 4. The lowest BCUT2D eigenvalue weighted by Gasteiger charge is -2.35. The summed E-state index contributed by atoms with van der Waals surface area (Å²) >= 11 is 0. The fourth-order valence-electron chi connectivity index (χ4n) is 4.11. The van der Waals surface area contributed by atoms with Gasteiger partial charge in [0, 0.05) is 38.1 Å². The van der Waals surface area contributed by atoms with Crippen molar-refractivity contribution in [2.45, 2.75) is 84.3 Å². The average Bonchev–Trinajstić information content (AvgIpc) is 3.05. The largest absolute Gasteiger partial charge is 0.354 e. The molecule has 1 aliphatic carbocycles. The molecule has 0 bridgehead atoms. The van der Waals surface area contributed by atoms with E-state index in [1.165, 1.54) is 32.1 Å². The molecule has 1 saturated carbocycles. The van der Waals surface area contributed by atoms with Crippen molar-refractivity contribution < 1.29 is 4.79 Å². The highest BCUT2D eigenvalue weighted by Gasteiger charge is 2.25. The van der Waals surface area contributed by atoms with E-state index in [2.05, 4.69) is 20.8 Å². The van der Waals surface area contributed by atoms with Crippen molar-refractivity contribution in [2.24, 2.45) is 18.0 Å². The van der Waals surface area contributed by atoms with Gasteiger partial charge in [0.2, 0.25) is 5.91 Å². The second kappa shape index (κ2) is 11.9. The Labute approximate surface area is 197 Å². The van der Waals surface area contributed by atoms with Gasteiger partial charge in [0.15, 0.2) is 11.8 Å². The first-order valence-electron chi connectivity index (χ1n) is 11.1. The van der Waals surface area contributed by atoms with E-state index >= 15 is 0 Å². The van der Waals surface area contributed by atoms with E-state index in [1.807, 2.05) is 37.3 Å². The van der Waals surface area contributed by atoms with Crippen LogP contribution in [0.25, 0.3) is 0 Å². The molecule has 30 heavy (non-hydrogen) atoms. The number of rotatable bonds is 5. The number of piperidine rings is 1. The van der Waals surface area contributed by atoms with Gasteiger partial charge in [-0.3, -0.25) is 4.79 Å². The highest BCUT2D eigenvalue weighted by molar-refractivity contribution is 14.0. The summed E-state index contributed by atoms with van der Waals surface area (Å²) in [5, 5.41) is 15.6. The Morgan fingerprint density at radius 2 is 1.67 bits per heavy atom. The van der Waals surface area contributed by atoms with Crippen LogP contribution in [-0.4, -0.2) is 56.7 Å². The summed E-state index contributed by atoms with van der Waals surface area (Å²) in [6.45, 7) is 8.02. The number of likely N-dealkylation sites (tertiary alicyclic amines) is 1. The van der Waals surface area contributed by atoms with Crippen LogP contribution in [0.1, 0.15) is 70.4 Å². The van der Waals surface area contributed by atoms with Crippen molar-refractivity contribution in [3.8, 4) is 0 Å². The molecule has 9 heteroatoms. The fraction of sp³-hybridized carbons (Fsp3) is 0.810. The zero-order chi connectivity index (χ0) is 20.8. The van der Waals surface area contributed by atoms with Gasteiger partial charge in [-0.1, -0.05) is 33.1 Å². The smallest absolute Gasteiger partial charge is 0.225 e. The summed E-state index contributed by atoms with van der Waals surface area (Å²) in [7, 11) is 1.98. The molecule has 1 amide bonds. The molecule has 8 nitrogen and oxygen atoms in total. The topological polar surface area (TPSA) is 87.4 Å². The average molecular weight is 531 g/mol. The van der Waals surface area contributed by atoms with Gasteiger partial charge in [-0.2, -0.15) is 0 Å². The van der Waals surface area contributed by atoms with E-state index in [0.717, 1.165) is 43.5 Å². The zero-order valence-corrected chi connectivity index (χ0v) is 21.2. The van der Waals surface area contributed by atoms with Crippen LogP contribution in [0.15, 0.2) is 4.99 Å². The number of amides is 1. The number of carbonyl (C=O) groups excluding carboxylic acids is 1. The summed E-state index contributed by atoms with van der Waals surface area (Å²) in [5.74, 6) is 2.96. The lowest BCUT2D eigenvalue weighted by molar-refractivity contribution is -0.135. The Balaban J connectivity index is 0.00000320.